The monoisotopic (exact) mass is 438 g/mol. The molecule has 0 N–H and O–H groups in total. The topological polar surface area (TPSA) is 35.5 Å². The summed E-state index contributed by atoms with van der Waals surface area (Å²) < 4.78 is 53.1. The third-order valence-corrected chi connectivity index (χ3v) is 5.48. The van der Waals surface area contributed by atoms with Crippen LogP contribution in [0.3, 0.4) is 0 Å². The van der Waals surface area contributed by atoms with Crippen LogP contribution in [-0.4, -0.2) is 13.1 Å². The molecular weight excluding hydrogens is 417 g/mol. The van der Waals surface area contributed by atoms with Gasteiger partial charge >= 0.3 is 5.97 Å². The molecule has 4 rings (SSSR count). The van der Waals surface area contributed by atoms with Gasteiger partial charge in [0.1, 0.15) is 34.5 Å². The van der Waals surface area contributed by atoms with Crippen molar-refractivity contribution in [3.05, 3.63) is 107 Å². The number of hydrogen-bond donors (Lipinski definition) is 0. The predicted octanol–water partition coefficient (Wildman–Crippen LogP) is 6.67. The molecule has 164 valence electrons. The Bertz CT molecular complexity index is 1170. The maximum atomic E-state index is 14.9. The minimum atomic E-state index is -0.753. The lowest BCUT2D eigenvalue weighted by Crippen LogP contribution is -2.07. The van der Waals surface area contributed by atoms with Crippen LogP contribution < -0.4 is 4.74 Å². The highest BCUT2D eigenvalue weighted by Crippen LogP contribution is 2.51. The van der Waals surface area contributed by atoms with E-state index in [1.165, 1.54) is 31.4 Å². The first-order valence-corrected chi connectivity index (χ1v) is 10.2. The summed E-state index contributed by atoms with van der Waals surface area (Å²) in [6.45, 7) is 0. The SMILES string of the molecule is COC(=O)c1ccc(C/C(F)=C/C2(c3ccc(F)cc3F)CC2)cc1Oc1ccccc1. The molecule has 0 aliphatic heterocycles. The molecule has 3 aromatic rings. The number of allylic oxidation sites excluding steroid dienone is 2. The molecule has 0 atom stereocenters. The second kappa shape index (κ2) is 8.91. The van der Waals surface area contributed by atoms with Crippen LogP contribution >= 0.6 is 0 Å². The molecule has 1 fully saturated rings. The number of para-hydroxylation sites is 1. The standard InChI is InChI=1S/C26H21F3O3/c1-31-25(30)21-9-7-17(14-24(21)32-20-5-3-2-4-6-20)13-19(28)16-26(11-12-26)22-10-8-18(27)15-23(22)29/h2-10,14-16H,11-13H2,1H3/b19-16-. The van der Waals surface area contributed by atoms with Gasteiger partial charge in [0.05, 0.1) is 7.11 Å². The Labute approximate surface area is 184 Å². The predicted molar refractivity (Wildman–Crippen MR) is 114 cm³/mol. The molecular formula is C26H21F3O3. The van der Waals surface area contributed by atoms with Crippen molar-refractivity contribution in [3.8, 4) is 11.5 Å². The van der Waals surface area contributed by atoms with Gasteiger partial charge in [0.15, 0.2) is 0 Å². The Hall–Kier alpha value is -3.54. The molecule has 1 saturated carbocycles. The zero-order valence-corrected chi connectivity index (χ0v) is 17.4. The molecule has 0 radical (unpaired) electrons. The van der Waals surface area contributed by atoms with Gasteiger partial charge in [0, 0.05) is 17.9 Å². The molecule has 0 spiro atoms. The third kappa shape index (κ3) is 4.69. The fraction of sp³-hybridized carbons (Fsp3) is 0.192. The summed E-state index contributed by atoms with van der Waals surface area (Å²) in [5, 5.41) is 0. The lowest BCUT2D eigenvalue weighted by molar-refractivity contribution is 0.0598. The van der Waals surface area contributed by atoms with Gasteiger partial charge in [-0.3, -0.25) is 0 Å². The highest BCUT2D eigenvalue weighted by atomic mass is 19.1. The fourth-order valence-corrected chi connectivity index (χ4v) is 3.72. The van der Waals surface area contributed by atoms with E-state index in [-0.39, 0.29) is 17.7 Å². The van der Waals surface area contributed by atoms with Crippen molar-refractivity contribution >= 4 is 5.97 Å². The Morgan fingerprint density at radius 2 is 1.78 bits per heavy atom. The van der Waals surface area contributed by atoms with Crippen LogP contribution in [-0.2, 0) is 16.6 Å². The lowest BCUT2D eigenvalue weighted by Gasteiger charge is -2.14. The summed E-state index contributed by atoms with van der Waals surface area (Å²) in [5.41, 5.74) is 0.337. The minimum Gasteiger partial charge on any atom is -0.465 e. The Morgan fingerprint density at radius 1 is 1.03 bits per heavy atom. The van der Waals surface area contributed by atoms with Gasteiger partial charge < -0.3 is 9.47 Å². The number of carbonyl (C=O) groups is 1. The largest absolute Gasteiger partial charge is 0.465 e. The summed E-state index contributed by atoms with van der Waals surface area (Å²) >= 11 is 0. The van der Waals surface area contributed by atoms with Crippen molar-refractivity contribution in [1.29, 1.82) is 0 Å². The zero-order valence-electron chi connectivity index (χ0n) is 17.4. The van der Waals surface area contributed by atoms with Gasteiger partial charge in [-0.2, -0.15) is 0 Å². The van der Waals surface area contributed by atoms with E-state index in [0.29, 0.717) is 29.7 Å². The van der Waals surface area contributed by atoms with Gasteiger partial charge in [-0.1, -0.05) is 30.3 Å². The molecule has 0 aromatic heterocycles. The van der Waals surface area contributed by atoms with E-state index in [0.717, 1.165) is 6.07 Å². The first-order chi connectivity index (χ1) is 15.4. The van der Waals surface area contributed by atoms with Gasteiger partial charge in [0.2, 0.25) is 0 Å². The minimum absolute atomic E-state index is 0.0584. The highest BCUT2D eigenvalue weighted by Gasteiger charge is 2.44. The molecule has 32 heavy (non-hydrogen) atoms. The smallest absolute Gasteiger partial charge is 0.341 e. The fourth-order valence-electron chi connectivity index (χ4n) is 3.72. The summed E-state index contributed by atoms with van der Waals surface area (Å²) in [7, 11) is 1.27. The quantitative estimate of drug-likeness (QED) is 0.387. The molecule has 1 aliphatic carbocycles. The van der Waals surface area contributed by atoms with Crippen LogP contribution in [0.4, 0.5) is 13.2 Å². The second-order valence-electron chi connectivity index (χ2n) is 7.79. The number of benzene rings is 3. The lowest BCUT2D eigenvalue weighted by atomic mass is 9.93. The Kier molecular flexibility index (Phi) is 6.04. The molecule has 0 bridgehead atoms. The summed E-state index contributed by atoms with van der Waals surface area (Å²) in [4.78, 5) is 12.1. The summed E-state index contributed by atoms with van der Waals surface area (Å²) in [6.07, 6.45) is 2.53. The molecule has 3 aromatic carbocycles. The van der Waals surface area contributed by atoms with Crippen LogP contribution in [0.25, 0.3) is 0 Å². The van der Waals surface area contributed by atoms with Crippen LogP contribution in [0.1, 0.15) is 34.3 Å². The van der Waals surface area contributed by atoms with Crippen molar-refractivity contribution in [2.45, 2.75) is 24.7 Å². The van der Waals surface area contributed by atoms with E-state index in [1.54, 1.807) is 36.4 Å². The molecule has 0 saturated heterocycles. The third-order valence-electron chi connectivity index (χ3n) is 5.48. The van der Waals surface area contributed by atoms with Crippen LogP contribution in [0.15, 0.2) is 78.6 Å². The number of rotatable bonds is 7. The number of esters is 1. The van der Waals surface area contributed by atoms with Crippen molar-refractivity contribution in [3.63, 3.8) is 0 Å². The van der Waals surface area contributed by atoms with E-state index in [2.05, 4.69) is 0 Å². The van der Waals surface area contributed by atoms with Crippen LogP contribution in [0.5, 0.6) is 11.5 Å². The van der Waals surface area contributed by atoms with Crippen LogP contribution in [0, 0.1) is 11.6 Å². The molecule has 0 amide bonds. The second-order valence-corrected chi connectivity index (χ2v) is 7.79. The first-order valence-electron chi connectivity index (χ1n) is 10.2. The van der Waals surface area contributed by atoms with Gasteiger partial charge in [0.25, 0.3) is 0 Å². The number of carbonyl (C=O) groups excluding carboxylic acids is 1. The Morgan fingerprint density at radius 3 is 2.44 bits per heavy atom. The average molecular weight is 438 g/mol. The maximum absolute atomic E-state index is 14.9. The molecule has 6 heteroatoms. The number of halogens is 3. The molecule has 1 aliphatic rings. The van der Waals surface area contributed by atoms with Gasteiger partial charge in [-0.15, -0.1) is 0 Å². The van der Waals surface area contributed by atoms with Gasteiger partial charge in [-0.25, -0.2) is 18.0 Å². The molecule has 3 nitrogen and oxygen atoms in total. The molecule has 0 unspecified atom stereocenters. The summed E-state index contributed by atoms with van der Waals surface area (Å²) in [5.74, 6) is -1.57. The van der Waals surface area contributed by atoms with Crippen LogP contribution in [0.2, 0.25) is 0 Å². The zero-order chi connectivity index (χ0) is 22.7. The average Bonchev–Trinajstić information content (AvgIpc) is 3.54. The summed E-state index contributed by atoms with van der Waals surface area (Å²) in [6, 6.07) is 17.0. The van der Waals surface area contributed by atoms with Gasteiger partial charge in [-0.05, 0) is 60.4 Å². The number of methoxy groups -OCH3 is 1. The van der Waals surface area contributed by atoms with E-state index < -0.39 is 28.8 Å². The van der Waals surface area contributed by atoms with Crippen molar-refractivity contribution in [2.24, 2.45) is 0 Å². The first kappa shape index (κ1) is 21.7. The number of hydrogen-bond acceptors (Lipinski definition) is 3. The van der Waals surface area contributed by atoms with Crippen molar-refractivity contribution in [2.75, 3.05) is 7.11 Å². The Balaban J connectivity index is 1.59. The van der Waals surface area contributed by atoms with E-state index in [1.807, 2.05) is 6.07 Å². The van der Waals surface area contributed by atoms with Crippen molar-refractivity contribution < 1.29 is 27.4 Å². The highest BCUT2D eigenvalue weighted by molar-refractivity contribution is 5.92. The van der Waals surface area contributed by atoms with E-state index in [9.17, 15) is 18.0 Å². The van der Waals surface area contributed by atoms with E-state index >= 15 is 0 Å². The maximum Gasteiger partial charge on any atom is 0.341 e. The van der Waals surface area contributed by atoms with E-state index in [4.69, 9.17) is 9.47 Å². The number of ether oxygens (including phenoxy) is 2. The molecule has 0 heterocycles. The van der Waals surface area contributed by atoms with Crippen molar-refractivity contribution in [1.82, 2.24) is 0 Å². The normalized spacial score (nSPS) is 14.7.